The molecule has 0 aliphatic carbocycles. The number of carboxylic acid groups (broad SMARTS) is 2. The van der Waals surface area contributed by atoms with Crippen LogP contribution in [-0.2, 0) is 29.2 Å². The number of thiazole rings is 1. The van der Waals surface area contributed by atoms with Crippen LogP contribution < -0.4 is 0 Å². The first-order valence-corrected chi connectivity index (χ1v) is 10.3. The van der Waals surface area contributed by atoms with Gasteiger partial charge in [-0.3, -0.25) is 4.90 Å². The molecule has 0 saturated heterocycles. The van der Waals surface area contributed by atoms with E-state index in [9.17, 15) is 26.3 Å². The number of aromatic nitrogens is 3. The minimum absolute atomic E-state index is 0.625. The number of imidazole rings is 1. The summed E-state index contributed by atoms with van der Waals surface area (Å²) in [5, 5.41) is 17.5. The number of aliphatic carboxylic acids is 2. The molecular formula is C18H23F6N5O4S. The fourth-order valence-electron chi connectivity index (χ4n) is 2.90. The zero-order valence-corrected chi connectivity index (χ0v) is 18.9. The van der Waals surface area contributed by atoms with Crippen molar-refractivity contribution < 1.29 is 46.1 Å². The van der Waals surface area contributed by atoms with Gasteiger partial charge in [0, 0.05) is 49.5 Å². The van der Waals surface area contributed by atoms with Crippen LogP contribution in [0.15, 0.2) is 24.0 Å². The van der Waals surface area contributed by atoms with Crippen LogP contribution in [0.2, 0.25) is 0 Å². The van der Waals surface area contributed by atoms with Crippen LogP contribution in [0.25, 0.3) is 0 Å². The lowest BCUT2D eigenvalue weighted by Crippen LogP contribution is -2.33. The maximum Gasteiger partial charge on any atom is 0.490 e. The molecule has 2 aromatic rings. The van der Waals surface area contributed by atoms with Gasteiger partial charge >= 0.3 is 24.3 Å². The van der Waals surface area contributed by atoms with Crippen LogP contribution >= 0.6 is 11.3 Å². The Morgan fingerprint density at radius 3 is 2.06 bits per heavy atom. The predicted octanol–water partition coefficient (Wildman–Crippen LogP) is 2.80. The number of hydrogen-bond donors (Lipinski definition) is 2. The minimum Gasteiger partial charge on any atom is -0.475 e. The third-order valence-electron chi connectivity index (χ3n) is 4.09. The summed E-state index contributed by atoms with van der Waals surface area (Å²) in [6.45, 7) is 5.10. The molecule has 34 heavy (non-hydrogen) atoms. The summed E-state index contributed by atoms with van der Waals surface area (Å²) in [5.41, 5.74) is 0. The highest BCUT2D eigenvalue weighted by atomic mass is 32.1. The molecule has 1 aliphatic heterocycles. The number of rotatable bonds is 4. The van der Waals surface area contributed by atoms with Crippen LogP contribution in [0.1, 0.15) is 10.8 Å². The quantitative estimate of drug-likeness (QED) is 0.594. The second kappa shape index (κ2) is 12.7. The van der Waals surface area contributed by atoms with Gasteiger partial charge < -0.3 is 19.7 Å². The maximum absolute atomic E-state index is 10.6. The molecule has 1 aliphatic rings. The molecule has 0 saturated carbocycles. The number of halogens is 6. The normalized spacial score (nSPS) is 16.4. The average Bonchev–Trinajstić information content (AvgIpc) is 3.30. The van der Waals surface area contributed by atoms with E-state index < -0.39 is 24.3 Å². The van der Waals surface area contributed by atoms with Crippen molar-refractivity contribution in [2.24, 2.45) is 5.92 Å². The van der Waals surface area contributed by atoms with E-state index in [4.69, 9.17) is 19.8 Å². The number of hydrogen-bond acceptors (Lipinski definition) is 7. The first kappa shape index (κ1) is 29.3. The second-order valence-electron chi connectivity index (χ2n) is 7.33. The molecule has 0 bridgehead atoms. The van der Waals surface area contributed by atoms with Crippen molar-refractivity contribution in [3.8, 4) is 0 Å². The molecule has 3 rings (SSSR count). The van der Waals surface area contributed by atoms with Gasteiger partial charge in [-0.05, 0) is 14.1 Å². The van der Waals surface area contributed by atoms with E-state index in [-0.39, 0.29) is 0 Å². The van der Waals surface area contributed by atoms with Crippen molar-refractivity contribution in [2.45, 2.75) is 32.0 Å². The molecule has 2 aromatic heterocycles. The number of alkyl halides is 6. The van der Waals surface area contributed by atoms with Crippen LogP contribution in [-0.4, -0.2) is 86.0 Å². The van der Waals surface area contributed by atoms with Gasteiger partial charge in [0.25, 0.3) is 0 Å². The second-order valence-corrected chi connectivity index (χ2v) is 8.30. The van der Waals surface area contributed by atoms with E-state index in [1.54, 1.807) is 11.3 Å². The number of nitrogens with zero attached hydrogens (tertiary/aromatic N) is 5. The van der Waals surface area contributed by atoms with E-state index in [0.717, 1.165) is 32.7 Å². The summed E-state index contributed by atoms with van der Waals surface area (Å²) in [6.07, 6.45) is -4.27. The molecule has 0 fully saturated rings. The van der Waals surface area contributed by atoms with Crippen molar-refractivity contribution in [2.75, 3.05) is 27.2 Å². The number of fused-ring (bicyclic) bond motifs is 1. The third kappa shape index (κ3) is 10.9. The SMILES string of the molecule is CN(C)CC1CN(Cc2nccs2)Cc2nccn2C1.O=C(O)C(F)(F)F.O=C(O)C(F)(F)F. The van der Waals surface area contributed by atoms with E-state index in [2.05, 4.69) is 44.6 Å². The lowest BCUT2D eigenvalue weighted by molar-refractivity contribution is -0.193. The standard InChI is InChI=1S/C14H21N5S.2C2HF3O2/c1-17(2)7-12-8-18(11-14-16-4-6-20-14)10-13-15-3-5-19(13)9-12;2*3-2(4,5)1(6)7/h3-6,12H,7-11H2,1-2H3;2*(H,6,7). The molecule has 192 valence electrons. The third-order valence-corrected chi connectivity index (χ3v) is 4.85. The molecule has 2 N–H and O–H groups in total. The zero-order chi connectivity index (χ0) is 26.1. The Hall–Kier alpha value is -2.72. The van der Waals surface area contributed by atoms with Gasteiger partial charge in [-0.1, -0.05) is 0 Å². The number of carboxylic acids is 2. The Labute approximate surface area is 194 Å². The van der Waals surface area contributed by atoms with Crippen molar-refractivity contribution in [1.82, 2.24) is 24.3 Å². The van der Waals surface area contributed by atoms with Gasteiger partial charge in [-0.25, -0.2) is 19.6 Å². The summed E-state index contributed by atoms with van der Waals surface area (Å²) in [7, 11) is 4.29. The van der Waals surface area contributed by atoms with Crippen LogP contribution in [0.5, 0.6) is 0 Å². The maximum atomic E-state index is 10.6. The monoisotopic (exact) mass is 519 g/mol. The Balaban J connectivity index is 0.000000343. The van der Waals surface area contributed by atoms with E-state index in [0.29, 0.717) is 5.92 Å². The van der Waals surface area contributed by atoms with Gasteiger partial charge in [0.15, 0.2) is 0 Å². The molecule has 0 amide bonds. The summed E-state index contributed by atoms with van der Waals surface area (Å²) in [4.78, 5) is 31.4. The van der Waals surface area contributed by atoms with Gasteiger partial charge in [0.2, 0.25) is 0 Å². The Kier molecular flexibility index (Phi) is 10.9. The summed E-state index contributed by atoms with van der Waals surface area (Å²) >= 11 is 1.73. The Morgan fingerprint density at radius 2 is 1.62 bits per heavy atom. The summed E-state index contributed by atoms with van der Waals surface area (Å²) in [5.74, 6) is -3.72. The zero-order valence-electron chi connectivity index (χ0n) is 18.0. The van der Waals surface area contributed by atoms with Gasteiger partial charge in [-0.2, -0.15) is 26.3 Å². The van der Waals surface area contributed by atoms with Gasteiger partial charge in [-0.15, -0.1) is 11.3 Å². The van der Waals surface area contributed by atoms with E-state index in [1.165, 1.54) is 10.8 Å². The first-order valence-electron chi connectivity index (χ1n) is 9.45. The minimum atomic E-state index is -5.08. The highest BCUT2D eigenvalue weighted by Gasteiger charge is 2.38. The predicted molar refractivity (Wildman–Crippen MR) is 108 cm³/mol. The van der Waals surface area contributed by atoms with E-state index in [1.807, 2.05) is 17.8 Å². The fraction of sp³-hybridized carbons (Fsp3) is 0.556. The molecule has 3 heterocycles. The summed E-state index contributed by atoms with van der Waals surface area (Å²) in [6, 6.07) is 0. The Bertz CT molecular complexity index is 878. The molecule has 0 radical (unpaired) electrons. The van der Waals surface area contributed by atoms with Crippen molar-refractivity contribution in [3.05, 3.63) is 34.8 Å². The first-order chi connectivity index (χ1) is 15.6. The average molecular weight is 519 g/mol. The highest BCUT2D eigenvalue weighted by molar-refractivity contribution is 7.09. The van der Waals surface area contributed by atoms with E-state index >= 15 is 0 Å². The molecule has 9 nitrogen and oxygen atoms in total. The molecule has 0 spiro atoms. The van der Waals surface area contributed by atoms with Crippen LogP contribution in [0.3, 0.4) is 0 Å². The Morgan fingerprint density at radius 1 is 1.06 bits per heavy atom. The van der Waals surface area contributed by atoms with Gasteiger partial charge in [0.1, 0.15) is 10.8 Å². The lowest BCUT2D eigenvalue weighted by atomic mass is 10.1. The smallest absolute Gasteiger partial charge is 0.475 e. The van der Waals surface area contributed by atoms with Crippen LogP contribution in [0.4, 0.5) is 26.3 Å². The largest absolute Gasteiger partial charge is 0.490 e. The van der Waals surface area contributed by atoms with Crippen LogP contribution in [0, 0.1) is 5.92 Å². The molecule has 0 aromatic carbocycles. The molecule has 1 atom stereocenters. The van der Waals surface area contributed by atoms with Crippen molar-refractivity contribution in [3.63, 3.8) is 0 Å². The van der Waals surface area contributed by atoms with Gasteiger partial charge in [0.05, 0.1) is 13.1 Å². The number of carbonyl (C=O) groups is 2. The fourth-order valence-corrected chi connectivity index (χ4v) is 3.56. The molecular weight excluding hydrogens is 496 g/mol. The van der Waals surface area contributed by atoms with Crippen molar-refractivity contribution >= 4 is 23.3 Å². The summed E-state index contributed by atoms with van der Waals surface area (Å²) < 4.78 is 65.8. The molecule has 1 unspecified atom stereocenters. The topological polar surface area (TPSA) is 112 Å². The highest BCUT2D eigenvalue weighted by Crippen LogP contribution is 2.19. The lowest BCUT2D eigenvalue weighted by Gasteiger charge is -2.25. The molecule has 16 heteroatoms. The van der Waals surface area contributed by atoms with Crippen molar-refractivity contribution in [1.29, 1.82) is 0 Å².